The van der Waals surface area contributed by atoms with Crippen LogP contribution in [0.5, 0.6) is 0 Å². The monoisotopic (exact) mass is 257 g/mol. The second kappa shape index (κ2) is 5.35. The molecule has 2 N–H and O–H groups in total. The van der Waals surface area contributed by atoms with E-state index in [0.717, 1.165) is 39.1 Å². The van der Waals surface area contributed by atoms with Gasteiger partial charge in [0.05, 0.1) is 0 Å². The van der Waals surface area contributed by atoms with Crippen LogP contribution < -0.4 is 5.32 Å². The Bertz CT molecular complexity index is 565. The minimum Gasteiger partial charge on any atom is -0.358 e. The molecule has 102 valence electrons. The van der Waals surface area contributed by atoms with Gasteiger partial charge in [-0.3, -0.25) is 4.90 Å². The van der Waals surface area contributed by atoms with Crippen molar-refractivity contribution in [1.29, 1.82) is 0 Å². The third kappa shape index (κ3) is 2.40. The van der Waals surface area contributed by atoms with Gasteiger partial charge in [0.25, 0.3) is 0 Å². The lowest BCUT2D eigenvalue weighted by atomic mass is 10.1. The number of aromatic nitrogens is 1. The van der Waals surface area contributed by atoms with Crippen LogP contribution in [-0.2, 0) is 13.0 Å². The van der Waals surface area contributed by atoms with Crippen molar-refractivity contribution in [2.45, 2.75) is 26.8 Å². The van der Waals surface area contributed by atoms with Crippen molar-refractivity contribution < 1.29 is 0 Å². The smallest absolute Gasteiger partial charge is 0.0491 e. The molecule has 19 heavy (non-hydrogen) atoms. The largest absolute Gasteiger partial charge is 0.358 e. The Balaban J connectivity index is 1.96. The van der Waals surface area contributed by atoms with E-state index in [2.05, 4.69) is 47.2 Å². The normalized spacial score (nSPS) is 17.2. The molecule has 0 spiro atoms. The fraction of sp³-hybridized carbons (Fsp3) is 0.500. The van der Waals surface area contributed by atoms with Crippen molar-refractivity contribution in [2.75, 3.05) is 26.2 Å². The molecule has 0 radical (unpaired) electrons. The maximum absolute atomic E-state index is 3.59. The second-order valence-electron chi connectivity index (χ2n) is 5.45. The van der Waals surface area contributed by atoms with Crippen molar-refractivity contribution >= 4 is 10.9 Å². The first-order valence-electron chi connectivity index (χ1n) is 7.31. The van der Waals surface area contributed by atoms with E-state index in [1.807, 2.05) is 0 Å². The molecule has 2 heterocycles. The molecule has 1 fully saturated rings. The van der Waals surface area contributed by atoms with E-state index >= 15 is 0 Å². The average molecular weight is 257 g/mol. The molecule has 3 rings (SSSR count). The lowest BCUT2D eigenvalue weighted by Gasteiger charge is -2.27. The lowest BCUT2D eigenvalue weighted by Crippen LogP contribution is -2.42. The summed E-state index contributed by atoms with van der Waals surface area (Å²) < 4.78 is 0. The zero-order valence-corrected chi connectivity index (χ0v) is 11.9. The van der Waals surface area contributed by atoms with E-state index < -0.39 is 0 Å². The minimum atomic E-state index is 1.07. The van der Waals surface area contributed by atoms with Gasteiger partial charge in [0.15, 0.2) is 0 Å². The number of rotatable bonds is 3. The highest BCUT2D eigenvalue weighted by Gasteiger charge is 2.15. The number of benzene rings is 1. The van der Waals surface area contributed by atoms with E-state index in [4.69, 9.17) is 0 Å². The summed E-state index contributed by atoms with van der Waals surface area (Å²) in [5, 5.41) is 4.83. The van der Waals surface area contributed by atoms with Gasteiger partial charge in [-0.2, -0.15) is 0 Å². The molecule has 0 amide bonds. The number of H-pyrrole nitrogens is 1. The van der Waals surface area contributed by atoms with Crippen LogP contribution in [0.3, 0.4) is 0 Å². The number of aromatic amines is 1. The molecule has 1 aliphatic rings. The van der Waals surface area contributed by atoms with Gasteiger partial charge in [0.1, 0.15) is 0 Å². The molecule has 0 bridgehead atoms. The highest BCUT2D eigenvalue weighted by atomic mass is 15.2. The zero-order valence-electron chi connectivity index (χ0n) is 11.9. The number of piperazine rings is 1. The average Bonchev–Trinajstić information content (AvgIpc) is 2.76. The van der Waals surface area contributed by atoms with Gasteiger partial charge in [0.2, 0.25) is 0 Å². The minimum absolute atomic E-state index is 1.07. The van der Waals surface area contributed by atoms with E-state index in [1.54, 1.807) is 0 Å². The third-order valence-electron chi connectivity index (χ3n) is 4.21. The number of nitrogens with zero attached hydrogens (tertiary/aromatic N) is 1. The third-order valence-corrected chi connectivity index (χ3v) is 4.21. The Morgan fingerprint density at radius 1 is 1.21 bits per heavy atom. The Kier molecular flexibility index (Phi) is 3.58. The molecule has 1 aromatic heterocycles. The van der Waals surface area contributed by atoms with Crippen LogP contribution in [0.25, 0.3) is 10.9 Å². The van der Waals surface area contributed by atoms with E-state index in [0.29, 0.717) is 0 Å². The molecule has 0 atom stereocenters. The SMILES string of the molecule is CCc1cccc2c(CN3CCNCC3)c(C)[nH]c12. The molecule has 1 aromatic carbocycles. The predicted molar refractivity (Wildman–Crippen MR) is 80.6 cm³/mol. The van der Waals surface area contributed by atoms with Crippen LogP contribution in [0.2, 0.25) is 0 Å². The number of para-hydroxylation sites is 1. The van der Waals surface area contributed by atoms with E-state index in [1.165, 1.54) is 27.7 Å². The Labute approximate surface area is 115 Å². The molecule has 1 aliphatic heterocycles. The summed E-state index contributed by atoms with van der Waals surface area (Å²) in [7, 11) is 0. The first-order chi connectivity index (χ1) is 9.29. The van der Waals surface area contributed by atoms with Crippen molar-refractivity contribution in [3.63, 3.8) is 0 Å². The molecule has 1 saturated heterocycles. The van der Waals surface area contributed by atoms with Crippen molar-refractivity contribution in [3.05, 3.63) is 35.0 Å². The quantitative estimate of drug-likeness (QED) is 0.885. The molecular formula is C16H23N3. The first-order valence-corrected chi connectivity index (χ1v) is 7.31. The van der Waals surface area contributed by atoms with Crippen LogP contribution in [0.1, 0.15) is 23.7 Å². The summed E-state index contributed by atoms with van der Waals surface area (Å²) in [5.74, 6) is 0. The fourth-order valence-electron chi connectivity index (χ4n) is 3.06. The molecule has 0 aliphatic carbocycles. The van der Waals surface area contributed by atoms with E-state index in [9.17, 15) is 0 Å². The molecule has 0 saturated carbocycles. The summed E-state index contributed by atoms with van der Waals surface area (Å²) in [6.07, 6.45) is 1.09. The summed E-state index contributed by atoms with van der Waals surface area (Å²) in [6, 6.07) is 6.68. The summed E-state index contributed by atoms with van der Waals surface area (Å²) in [4.78, 5) is 6.14. The van der Waals surface area contributed by atoms with Crippen molar-refractivity contribution in [3.8, 4) is 0 Å². The predicted octanol–water partition coefficient (Wildman–Crippen LogP) is 2.44. The fourth-order valence-corrected chi connectivity index (χ4v) is 3.06. The molecule has 0 unspecified atom stereocenters. The van der Waals surface area contributed by atoms with Gasteiger partial charge in [-0.05, 0) is 24.5 Å². The van der Waals surface area contributed by atoms with Crippen molar-refractivity contribution in [2.24, 2.45) is 0 Å². The highest BCUT2D eigenvalue weighted by Crippen LogP contribution is 2.26. The number of nitrogens with one attached hydrogen (secondary N) is 2. The van der Waals surface area contributed by atoms with Crippen LogP contribution in [0, 0.1) is 6.92 Å². The molecule has 3 nitrogen and oxygen atoms in total. The first kappa shape index (κ1) is 12.7. The Morgan fingerprint density at radius 2 is 2.00 bits per heavy atom. The molecule has 3 heteroatoms. The molecular weight excluding hydrogens is 234 g/mol. The number of aryl methyl sites for hydroxylation is 2. The Hall–Kier alpha value is -1.32. The van der Waals surface area contributed by atoms with Gasteiger partial charge in [-0.15, -0.1) is 0 Å². The van der Waals surface area contributed by atoms with Crippen LogP contribution >= 0.6 is 0 Å². The Morgan fingerprint density at radius 3 is 2.74 bits per heavy atom. The van der Waals surface area contributed by atoms with Crippen LogP contribution in [0.4, 0.5) is 0 Å². The molecule has 2 aromatic rings. The van der Waals surface area contributed by atoms with Gasteiger partial charge < -0.3 is 10.3 Å². The number of hydrogen-bond acceptors (Lipinski definition) is 2. The van der Waals surface area contributed by atoms with Gasteiger partial charge in [0, 0.05) is 49.3 Å². The highest BCUT2D eigenvalue weighted by molar-refractivity contribution is 5.87. The van der Waals surface area contributed by atoms with E-state index in [-0.39, 0.29) is 0 Å². The summed E-state index contributed by atoms with van der Waals surface area (Å²) in [5.41, 5.74) is 5.57. The van der Waals surface area contributed by atoms with Crippen LogP contribution in [0.15, 0.2) is 18.2 Å². The number of fused-ring (bicyclic) bond motifs is 1. The maximum Gasteiger partial charge on any atom is 0.0491 e. The number of hydrogen-bond donors (Lipinski definition) is 2. The second-order valence-corrected chi connectivity index (χ2v) is 5.45. The maximum atomic E-state index is 3.59. The van der Waals surface area contributed by atoms with Crippen molar-refractivity contribution in [1.82, 2.24) is 15.2 Å². The summed E-state index contributed by atoms with van der Waals surface area (Å²) >= 11 is 0. The summed E-state index contributed by atoms with van der Waals surface area (Å²) in [6.45, 7) is 10.0. The van der Waals surface area contributed by atoms with Gasteiger partial charge in [-0.1, -0.05) is 25.1 Å². The standard InChI is InChI=1S/C16H23N3/c1-3-13-5-4-6-14-15(12(2)18-16(13)14)11-19-9-7-17-8-10-19/h4-6,17-18H,3,7-11H2,1-2H3. The van der Waals surface area contributed by atoms with Gasteiger partial charge in [-0.25, -0.2) is 0 Å². The lowest BCUT2D eigenvalue weighted by molar-refractivity contribution is 0.233. The zero-order chi connectivity index (χ0) is 13.2. The van der Waals surface area contributed by atoms with Crippen LogP contribution in [-0.4, -0.2) is 36.1 Å². The van der Waals surface area contributed by atoms with Gasteiger partial charge >= 0.3 is 0 Å². The topological polar surface area (TPSA) is 31.1 Å².